The molecule has 1 heterocycles. The van der Waals surface area contributed by atoms with Crippen molar-refractivity contribution in [2.45, 2.75) is 26.8 Å². The quantitative estimate of drug-likeness (QED) is 0.892. The van der Waals surface area contributed by atoms with Crippen molar-refractivity contribution in [1.29, 1.82) is 0 Å². The first kappa shape index (κ1) is 15.3. The first-order chi connectivity index (χ1) is 9.97. The smallest absolute Gasteiger partial charge is 0.307 e. The molecule has 1 amide bonds. The third-order valence-electron chi connectivity index (χ3n) is 3.19. The van der Waals surface area contributed by atoms with Gasteiger partial charge in [-0.15, -0.1) is 11.3 Å². The summed E-state index contributed by atoms with van der Waals surface area (Å²) in [4.78, 5) is 25.1. The molecule has 0 spiro atoms. The third kappa shape index (κ3) is 3.92. The maximum atomic E-state index is 12.2. The Morgan fingerprint density at radius 2 is 1.86 bits per heavy atom. The molecule has 110 valence electrons. The van der Waals surface area contributed by atoms with Gasteiger partial charge in [-0.2, -0.15) is 0 Å². The van der Waals surface area contributed by atoms with Gasteiger partial charge in [0.1, 0.15) is 0 Å². The van der Waals surface area contributed by atoms with E-state index in [9.17, 15) is 9.59 Å². The lowest BCUT2D eigenvalue weighted by Crippen LogP contribution is -2.23. The molecule has 5 heteroatoms. The zero-order chi connectivity index (χ0) is 15.4. The maximum absolute atomic E-state index is 12.2. The summed E-state index contributed by atoms with van der Waals surface area (Å²) in [5.41, 5.74) is 2.24. The highest BCUT2D eigenvalue weighted by Crippen LogP contribution is 2.20. The first-order valence-electron chi connectivity index (χ1n) is 6.61. The van der Waals surface area contributed by atoms with Crippen LogP contribution in [-0.2, 0) is 17.8 Å². The van der Waals surface area contributed by atoms with Gasteiger partial charge in [-0.05, 0) is 31.0 Å². The lowest BCUT2D eigenvalue weighted by atomic mass is 10.0. The number of thiophene rings is 1. The molecule has 0 aliphatic rings. The Balaban J connectivity index is 2.08. The fraction of sp³-hybridized carbons (Fsp3) is 0.250. The van der Waals surface area contributed by atoms with Crippen molar-refractivity contribution in [3.8, 4) is 0 Å². The number of carbonyl (C=O) groups excluding carboxylic acids is 1. The van der Waals surface area contributed by atoms with Gasteiger partial charge in [-0.25, -0.2) is 0 Å². The van der Waals surface area contributed by atoms with Crippen molar-refractivity contribution in [3.05, 3.63) is 56.8 Å². The summed E-state index contributed by atoms with van der Waals surface area (Å²) in [5, 5.41) is 11.8. The molecule has 4 nitrogen and oxygen atoms in total. The Labute approximate surface area is 127 Å². The molecule has 1 aromatic carbocycles. The van der Waals surface area contributed by atoms with Gasteiger partial charge in [0.2, 0.25) is 0 Å². The summed E-state index contributed by atoms with van der Waals surface area (Å²) in [5.74, 6) is -1.000. The molecule has 2 aromatic rings. The van der Waals surface area contributed by atoms with Gasteiger partial charge < -0.3 is 10.4 Å². The largest absolute Gasteiger partial charge is 0.481 e. The molecule has 0 aliphatic heterocycles. The van der Waals surface area contributed by atoms with E-state index >= 15 is 0 Å². The van der Waals surface area contributed by atoms with Crippen LogP contribution in [0.1, 0.15) is 31.2 Å². The Morgan fingerprint density at radius 1 is 1.19 bits per heavy atom. The number of nitrogens with one attached hydrogen (secondary N) is 1. The molecule has 2 N–H and O–H groups in total. The van der Waals surface area contributed by atoms with E-state index in [0.29, 0.717) is 12.1 Å². The number of hydrogen-bond acceptors (Lipinski definition) is 3. The third-order valence-corrected chi connectivity index (χ3v) is 4.15. The van der Waals surface area contributed by atoms with Gasteiger partial charge >= 0.3 is 5.97 Å². The molecular weight excluding hydrogens is 286 g/mol. The van der Waals surface area contributed by atoms with Crippen molar-refractivity contribution >= 4 is 23.2 Å². The second-order valence-corrected chi connectivity index (χ2v) is 6.31. The number of aryl methyl sites for hydroxylation is 2. The molecule has 0 fully saturated rings. The molecule has 2 rings (SSSR count). The Bertz CT molecular complexity index is 676. The number of amides is 1. The minimum absolute atomic E-state index is 0.0391. The summed E-state index contributed by atoms with van der Waals surface area (Å²) in [7, 11) is 0. The number of carboxylic acids is 1. The van der Waals surface area contributed by atoms with Gasteiger partial charge in [-0.3, -0.25) is 9.59 Å². The normalized spacial score (nSPS) is 10.4. The zero-order valence-electron chi connectivity index (χ0n) is 12.0. The number of hydrogen-bond donors (Lipinski definition) is 2. The minimum atomic E-state index is -0.877. The number of carboxylic acid groups (broad SMARTS) is 1. The van der Waals surface area contributed by atoms with Gasteiger partial charge in [0, 0.05) is 16.3 Å². The molecule has 0 saturated carbocycles. The molecule has 0 atom stereocenters. The van der Waals surface area contributed by atoms with Crippen LogP contribution in [0.25, 0.3) is 0 Å². The number of carbonyl (C=O) groups is 2. The van der Waals surface area contributed by atoms with Crippen molar-refractivity contribution in [2.24, 2.45) is 0 Å². The van der Waals surface area contributed by atoms with Crippen molar-refractivity contribution in [3.63, 3.8) is 0 Å². The van der Waals surface area contributed by atoms with Gasteiger partial charge in [0.25, 0.3) is 5.91 Å². The van der Waals surface area contributed by atoms with Crippen LogP contribution in [0.3, 0.4) is 0 Å². The number of aliphatic carboxylic acids is 1. The van der Waals surface area contributed by atoms with Crippen molar-refractivity contribution in [2.75, 3.05) is 0 Å². The first-order valence-corrected chi connectivity index (χ1v) is 7.43. The maximum Gasteiger partial charge on any atom is 0.307 e. The monoisotopic (exact) mass is 303 g/mol. The summed E-state index contributed by atoms with van der Waals surface area (Å²) in [6, 6.07) is 9.13. The van der Waals surface area contributed by atoms with Crippen LogP contribution in [0.2, 0.25) is 0 Å². The molecule has 0 bridgehead atoms. The average Bonchev–Trinajstić information content (AvgIpc) is 2.76. The van der Waals surface area contributed by atoms with Crippen LogP contribution in [0.5, 0.6) is 0 Å². The topological polar surface area (TPSA) is 66.4 Å². The Kier molecular flexibility index (Phi) is 4.75. The van der Waals surface area contributed by atoms with E-state index in [1.54, 1.807) is 23.5 Å². The van der Waals surface area contributed by atoms with Crippen molar-refractivity contribution < 1.29 is 14.7 Å². The van der Waals surface area contributed by atoms with Crippen molar-refractivity contribution in [1.82, 2.24) is 5.32 Å². The molecule has 1 aromatic heterocycles. The standard InChI is InChI=1S/C16H17NO3S/c1-10-7-14(11(2)21-10)16(20)17-9-13-6-4-3-5-12(13)8-15(18)19/h3-7H,8-9H2,1-2H3,(H,17,20)(H,18,19). The van der Waals surface area contributed by atoms with E-state index in [4.69, 9.17) is 5.11 Å². The van der Waals surface area contributed by atoms with Crippen LogP contribution in [0, 0.1) is 13.8 Å². The van der Waals surface area contributed by atoms with E-state index in [1.165, 1.54) is 0 Å². The number of benzene rings is 1. The van der Waals surface area contributed by atoms with E-state index in [2.05, 4.69) is 5.32 Å². The lowest BCUT2D eigenvalue weighted by molar-refractivity contribution is -0.136. The molecular formula is C16H17NO3S. The highest BCUT2D eigenvalue weighted by molar-refractivity contribution is 7.12. The van der Waals surface area contributed by atoms with Crippen LogP contribution in [0.4, 0.5) is 0 Å². The zero-order valence-corrected chi connectivity index (χ0v) is 12.8. The van der Waals surface area contributed by atoms with E-state index < -0.39 is 5.97 Å². The van der Waals surface area contributed by atoms with Gasteiger partial charge in [0.05, 0.1) is 12.0 Å². The van der Waals surface area contributed by atoms with E-state index in [0.717, 1.165) is 20.9 Å². The average molecular weight is 303 g/mol. The molecule has 0 radical (unpaired) electrons. The highest BCUT2D eigenvalue weighted by Gasteiger charge is 2.12. The minimum Gasteiger partial charge on any atom is -0.481 e. The molecule has 0 unspecified atom stereocenters. The highest BCUT2D eigenvalue weighted by atomic mass is 32.1. The molecule has 21 heavy (non-hydrogen) atoms. The fourth-order valence-corrected chi connectivity index (χ4v) is 3.11. The number of rotatable bonds is 5. The van der Waals surface area contributed by atoms with Crippen LogP contribution in [0.15, 0.2) is 30.3 Å². The second kappa shape index (κ2) is 6.54. The predicted octanol–water partition coefficient (Wildman–Crippen LogP) is 2.92. The predicted molar refractivity (Wildman–Crippen MR) is 82.7 cm³/mol. The van der Waals surface area contributed by atoms with Crippen LogP contribution >= 0.6 is 11.3 Å². The summed E-state index contributed by atoms with van der Waals surface area (Å²) in [6.07, 6.45) is -0.0391. The Hall–Kier alpha value is -2.14. The van der Waals surface area contributed by atoms with E-state index in [1.807, 2.05) is 32.0 Å². The molecule has 0 saturated heterocycles. The second-order valence-electron chi connectivity index (χ2n) is 4.85. The Morgan fingerprint density at radius 3 is 2.43 bits per heavy atom. The summed E-state index contributed by atoms with van der Waals surface area (Å²) >= 11 is 1.59. The summed E-state index contributed by atoms with van der Waals surface area (Å²) < 4.78 is 0. The van der Waals surface area contributed by atoms with E-state index in [-0.39, 0.29) is 12.3 Å². The van der Waals surface area contributed by atoms with Crippen LogP contribution < -0.4 is 5.32 Å². The van der Waals surface area contributed by atoms with Gasteiger partial charge in [-0.1, -0.05) is 24.3 Å². The molecule has 0 aliphatic carbocycles. The fourth-order valence-electron chi connectivity index (χ4n) is 2.19. The van der Waals surface area contributed by atoms with Gasteiger partial charge in [0.15, 0.2) is 0 Å². The summed E-state index contributed by atoms with van der Waals surface area (Å²) in [6.45, 7) is 4.22. The van der Waals surface area contributed by atoms with Crippen LogP contribution in [-0.4, -0.2) is 17.0 Å². The lowest BCUT2D eigenvalue weighted by Gasteiger charge is -2.09. The SMILES string of the molecule is Cc1cc(C(=O)NCc2ccccc2CC(=O)O)c(C)s1.